The molecule has 0 spiro atoms. The van der Waals surface area contributed by atoms with Gasteiger partial charge in [-0.2, -0.15) is 5.10 Å². The van der Waals surface area contributed by atoms with Crippen LogP contribution in [-0.4, -0.2) is 45.9 Å². The molecule has 164 valence electrons. The minimum Gasteiger partial charge on any atom is -0.488 e. The number of hydrogen-bond acceptors (Lipinski definition) is 6. The number of hydrogen-bond donors (Lipinski definition) is 1. The number of rotatable bonds is 9. The molecule has 2 atom stereocenters. The molecule has 2 unspecified atom stereocenters. The van der Waals surface area contributed by atoms with Crippen molar-refractivity contribution in [3.63, 3.8) is 0 Å². The van der Waals surface area contributed by atoms with Crippen molar-refractivity contribution >= 4 is 22.5 Å². The Morgan fingerprint density at radius 1 is 1.19 bits per heavy atom. The fraction of sp³-hybridized carbons (Fsp3) is 0.273. The maximum Gasteiger partial charge on any atom is 0.175 e. The lowest BCUT2D eigenvalue weighted by molar-refractivity contribution is 0.0919. The van der Waals surface area contributed by atoms with Gasteiger partial charge in [-0.15, -0.1) is 0 Å². The third-order valence-electron chi connectivity index (χ3n) is 4.22. The second kappa shape index (κ2) is 10.2. The first kappa shape index (κ1) is 22.5. The predicted octanol–water partition coefficient (Wildman–Crippen LogP) is 3.40. The molecule has 1 aromatic heterocycles. The predicted molar refractivity (Wildman–Crippen MR) is 121 cm³/mol. The molecule has 0 saturated heterocycles. The molecule has 0 amide bonds. The third kappa shape index (κ3) is 6.40. The van der Waals surface area contributed by atoms with Gasteiger partial charge in [0.25, 0.3) is 0 Å². The molecule has 2 N–H and O–H groups in total. The molecular weight excluding hydrogens is 416 g/mol. The first-order valence-corrected chi connectivity index (χ1v) is 11.2. The Morgan fingerprint density at radius 2 is 1.97 bits per heavy atom. The van der Waals surface area contributed by atoms with Gasteiger partial charge in [0.05, 0.1) is 6.61 Å². The van der Waals surface area contributed by atoms with E-state index in [1.807, 2.05) is 14.0 Å². The first-order chi connectivity index (χ1) is 14.8. The van der Waals surface area contributed by atoms with Crippen LogP contribution in [0.4, 0.5) is 5.82 Å². The van der Waals surface area contributed by atoms with E-state index >= 15 is 0 Å². The van der Waals surface area contributed by atoms with E-state index in [9.17, 15) is 4.21 Å². The molecule has 0 saturated carbocycles. The summed E-state index contributed by atoms with van der Waals surface area (Å²) in [6.07, 6.45) is 3.24. The average molecular weight is 443 g/mol. The minimum absolute atomic E-state index is 0.173. The summed E-state index contributed by atoms with van der Waals surface area (Å²) >= 11 is 0. The van der Waals surface area contributed by atoms with Crippen LogP contribution < -0.4 is 15.2 Å². The van der Waals surface area contributed by atoms with Crippen LogP contribution in [0, 0.1) is 0 Å². The number of aromatic nitrogens is 2. The fourth-order valence-corrected chi connectivity index (χ4v) is 3.40. The summed E-state index contributed by atoms with van der Waals surface area (Å²) in [6.45, 7) is 2.34. The van der Waals surface area contributed by atoms with Crippen molar-refractivity contribution in [1.29, 1.82) is 0 Å². The van der Waals surface area contributed by atoms with Crippen molar-refractivity contribution in [1.82, 2.24) is 9.78 Å². The molecule has 0 bridgehead atoms. The summed E-state index contributed by atoms with van der Waals surface area (Å²) in [5.41, 5.74) is 6.87. The highest BCUT2D eigenvalue weighted by molar-refractivity contribution is 7.84. The molecule has 31 heavy (non-hydrogen) atoms. The third-order valence-corrected chi connectivity index (χ3v) is 5.14. The van der Waals surface area contributed by atoms with Crippen molar-refractivity contribution in [3.8, 4) is 17.2 Å². The van der Waals surface area contributed by atoms with Gasteiger partial charge in [0, 0.05) is 60.0 Å². The average Bonchev–Trinajstić information content (AvgIpc) is 3.12. The van der Waals surface area contributed by atoms with Crippen molar-refractivity contribution in [2.45, 2.75) is 17.9 Å². The van der Waals surface area contributed by atoms with E-state index in [4.69, 9.17) is 19.9 Å². The molecule has 3 aromatic rings. The Labute approximate surface area is 184 Å². The van der Waals surface area contributed by atoms with Crippen molar-refractivity contribution in [3.05, 3.63) is 60.3 Å². The lowest BCUT2D eigenvalue weighted by atomic mass is 10.2. The largest absolute Gasteiger partial charge is 0.488 e. The van der Waals surface area contributed by atoms with Gasteiger partial charge < -0.3 is 19.9 Å². The van der Waals surface area contributed by atoms with Gasteiger partial charge in [0.15, 0.2) is 5.82 Å². The van der Waals surface area contributed by atoms with Crippen LogP contribution in [-0.2, 0) is 22.6 Å². The van der Waals surface area contributed by atoms with E-state index in [1.165, 1.54) is 0 Å². The van der Waals surface area contributed by atoms with E-state index in [0.29, 0.717) is 40.1 Å². The lowest BCUT2D eigenvalue weighted by Gasteiger charge is -2.16. The number of amidine groups is 1. The Kier molecular flexibility index (Phi) is 7.43. The highest BCUT2D eigenvalue weighted by Gasteiger charge is 2.11. The number of aryl methyl sites for hydroxylation is 1. The van der Waals surface area contributed by atoms with Crippen LogP contribution in [0.15, 0.2) is 64.6 Å². The Balaban J connectivity index is 1.95. The molecule has 1 heterocycles. The molecule has 8 nitrogen and oxygen atoms in total. The zero-order valence-corrected chi connectivity index (χ0v) is 18.8. The standard InChI is InChI=1S/C22H26N4O4S/c1-15(14-28-3)29-18-10-16(22(23)24-21-8-9-26(2)25-21)11-19(12-18)30-17-6-5-7-20(13-17)31(4)27/h5-13,15H,14H2,1-4H3,(H2,23,24,25). The van der Waals surface area contributed by atoms with Crippen LogP contribution in [0.5, 0.6) is 17.2 Å². The number of nitrogens with zero attached hydrogens (tertiary/aromatic N) is 3. The van der Waals surface area contributed by atoms with Crippen LogP contribution >= 0.6 is 0 Å². The SMILES string of the molecule is COCC(C)Oc1cc(Oc2cccc(S(C)=O)c2)cc(C(N)=Nc2ccn(C)n2)c1. The Hall–Kier alpha value is -3.17. The highest BCUT2D eigenvalue weighted by atomic mass is 32.2. The minimum atomic E-state index is -1.11. The molecule has 0 aliphatic carbocycles. The molecule has 0 aliphatic heterocycles. The van der Waals surface area contributed by atoms with E-state index in [1.54, 1.807) is 72.8 Å². The van der Waals surface area contributed by atoms with E-state index in [-0.39, 0.29) is 11.9 Å². The number of nitrogens with two attached hydrogens (primary N) is 1. The molecule has 0 radical (unpaired) electrons. The summed E-state index contributed by atoms with van der Waals surface area (Å²) in [4.78, 5) is 5.05. The van der Waals surface area contributed by atoms with Crippen molar-refractivity contribution < 1.29 is 18.4 Å². The van der Waals surface area contributed by atoms with Gasteiger partial charge in [-0.25, -0.2) is 4.99 Å². The number of ether oxygens (including phenoxy) is 3. The summed E-state index contributed by atoms with van der Waals surface area (Å²) in [6, 6.07) is 14.2. The van der Waals surface area contributed by atoms with Crippen molar-refractivity contribution in [2.75, 3.05) is 20.0 Å². The molecule has 2 aromatic carbocycles. The van der Waals surface area contributed by atoms with Gasteiger partial charge in [-0.1, -0.05) is 6.07 Å². The van der Waals surface area contributed by atoms with Crippen LogP contribution in [0.1, 0.15) is 12.5 Å². The molecule has 0 fully saturated rings. The Bertz CT molecular complexity index is 1100. The number of methoxy groups -OCH3 is 1. The van der Waals surface area contributed by atoms with Gasteiger partial charge in [-0.3, -0.25) is 8.89 Å². The van der Waals surface area contributed by atoms with E-state index in [0.717, 1.165) is 0 Å². The fourth-order valence-electron chi connectivity index (χ4n) is 2.85. The van der Waals surface area contributed by atoms with Gasteiger partial charge in [0.1, 0.15) is 29.2 Å². The smallest absolute Gasteiger partial charge is 0.175 e. The number of benzene rings is 2. The van der Waals surface area contributed by atoms with Gasteiger partial charge >= 0.3 is 0 Å². The van der Waals surface area contributed by atoms with Crippen LogP contribution in [0.25, 0.3) is 0 Å². The maximum atomic E-state index is 11.8. The zero-order chi connectivity index (χ0) is 22.4. The first-order valence-electron chi connectivity index (χ1n) is 9.60. The second-order valence-corrected chi connectivity index (χ2v) is 8.33. The van der Waals surface area contributed by atoms with Crippen LogP contribution in [0.2, 0.25) is 0 Å². The van der Waals surface area contributed by atoms with E-state index < -0.39 is 10.8 Å². The number of aliphatic imine (C=N–C) groups is 1. The molecule has 9 heteroatoms. The molecule has 3 rings (SSSR count). The summed E-state index contributed by atoms with van der Waals surface area (Å²) in [7, 11) is 2.32. The Morgan fingerprint density at radius 3 is 2.65 bits per heavy atom. The van der Waals surface area contributed by atoms with Gasteiger partial charge in [0.2, 0.25) is 0 Å². The summed E-state index contributed by atoms with van der Waals surface area (Å²) < 4.78 is 30.6. The molecule has 0 aliphatic rings. The topological polar surface area (TPSA) is 101 Å². The molecular formula is C22H26N4O4S. The monoisotopic (exact) mass is 442 g/mol. The summed E-state index contributed by atoms with van der Waals surface area (Å²) in [5, 5.41) is 4.23. The van der Waals surface area contributed by atoms with Gasteiger partial charge in [-0.05, 0) is 37.3 Å². The summed E-state index contributed by atoms with van der Waals surface area (Å²) in [5.74, 6) is 2.40. The zero-order valence-electron chi connectivity index (χ0n) is 17.9. The quantitative estimate of drug-likeness (QED) is 0.403. The normalized spacial score (nSPS) is 13.6. The van der Waals surface area contributed by atoms with Crippen molar-refractivity contribution in [2.24, 2.45) is 17.8 Å². The lowest BCUT2D eigenvalue weighted by Crippen LogP contribution is -2.19. The maximum absolute atomic E-state index is 11.8. The highest BCUT2D eigenvalue weighted by Crippen LogP contribution is 2.29. The van der Waals surface area contributed by atoms with Crippen LogP contribution in [0.3, 0.4) is 0 Å². The van der Waals surface area contributed by atoms with E-state index in [2.05, 4.69) is 10.1 Å². The second-order valence-electron chi connectivity index (χ2n) is 6.95.